The third-order valence-corrected chi connectivity index (χ3v) is 5.61. The highest BCUT2D eigenvalue weighted by atomic mass is 16.3. The predicted octanol–water partition coefficient (Wildman–Crippen LogP) is 6.70. The Hall–Kier alpha value is -3.26. The lowest BCUT2D eigenvalue weighted by Gasteiger charge is -2.24. The van der Waals surface area contributed by atoms with E-state index in [-0.39, 0.29) is 11.5 Å². The van der Waals surface area contributed by atoms with E-state index < -0.39 is 0 Å². The summed E-state index contributed by atoms with van der Waals surface area (Å²) in [6, 6.07) is 14.9. The Kier molecular flexibility index (Phi) is 5.53. The zero-order valence-electron chi connectivity index (χ0n) is 16.7. The Morgan fingerprint density at radius 2 is 1.34 bits per heavy atom. The maximum absolute atomic E-state index is 9.81. The van der Waals surface area contributed by atoms with E-state index in [1.54, 1.807) is 24.3 Å². The molecule has 0 aliphatic heterocycles. The molecular weight excluding hydrogens is 356 g/mol. The van der Waals surface area contributed by atoms with Crippen molar-refractivity contribution in [2.45, 2.75) is 26.2 Å². The van der Waals surface area contributed by atoms with Crippen LogP contribution in [0.4, 0.5) is 0 Å². The topological polar surface area (TPSA) is 40.5 Å². The molecule has 1 unspecified atom stereocenters. The number of phenols is 2. The van der Waals surface area contributed by atoms with Crippen molar-refractivity contribution in [1.29, 1.82) is 0 Å². The first-order chi connectivity index (χ1) is 14.1. The van der Waals surface area contributed by atoms with Crippen LogP contribution in [0.1, 0.15) is 37.3 Å². The predicted molar refractivity (Wildman–Crippen MR) is 120 cm³/mol. The van der Waals surface area contributed by atoms with E-state index in [0.29, 0.717) is 5.92 Å². The number of hydrogen-bond acceptors (Lipinski definition) is 2. The molecule has 146 valence electrons. The minimum Gasteiger partial charge on any atom is -0.508 e. The van der Waals surface area contributed by atoms with Gasteiger partial charge in [-0.25, -0.2) is 0 Å². The molecular formula is C27H26O2. The number of phenolic OH excluding ortho intramolecular Hbond substituents is 2. The van der Waals surface area contributed by atoms with Crippen LogP contribution in [0.15, 0.2) is 102 Å². The minimum absolute atomic E-state index is 0.261. The average molecular weight is 383 g/mol. The molecule has 4 rings (SSSR count). The molecule has 0 heterocycles. The second-order valence-corrected chi connectivity index (χ2v) is 7.77. The van der Waals surface area contributed by atoms with Gasteiger partial charge in [0.05, 0.1) is 0 Å². The molecule has 2 N–H and O–H groups in total. The van der Waals surface area contributed by atoms with Crippen LogP contribution in [-0.2, 0) is 0 Å². The number of benzene rings is 2. The van der Waals surface area contributed by atoms with Gasteiger partial charge in [-0.1, -0.05) is 73.2 Å². The Bertz CT molecular complexity index is 981. The number of hydrogen-bond donors (Lipinski definition) is 2. The third kappa shape index (κ3) is 4.27. The van der Waals surface area contributed by atoms with Gasteiger partial charge in [-0.15, -0.1) is 0 Å². The van der Waals surface area contributed by atoms with Gasteiger partial charge in [0.25, 0.3) is 0 Å². The van der Waals surface area contributed by atoms with Gasteiger partial charge in [0.2, 0.25) is 0 Å². The molecule has 0 aromatic heterocycles. The second-order valence-electron chi connectivity index (χ2n) is 7.77. The highest BCUT2D eigenvalue weighted by Gasteiger charge is 2.22. The van der Waals surface area contributed by atoms with Crippen LogP contribution in [0.3, 0.4) is 0 Å². The smallest absolute Gasteiger partial charge is 0.115 e. The van der Waals surface area contributed by atoms with Crippen molar-refractivity contribution < 1.29 is 10.2 Å². The first-order valence-electron chi connectivity index (χ1n) is 10.2. The van der Waals surface area contributed by atoms with Crippen LogP contribution in [0.2, 0.25) is 0 Å². The van der Waals surface area contributed by atoms with E-state index in [1.165, 1.54) is 22.3 Å². The van der Waals surface area contributed by atoms with Crippen LogP contribution in [-0.4, -0.2) is 10.2 Å². The summed E-state index contributed by atoms with van der Waals surface area (Å²) in [6.45, 7) is 2.30. The normalized spacial score (nSPS) is 15.9. The number of aromatic hydroxyl groups is 2. The molecule has 1 atom stereocenters. The van der Waals surface area contributed by atoms with Gasteiger partial charge in [-0.2, -0.15) is 0 Å². The largest absolute Gasteiger partial charge is 0.508 e. The molecule has 0 saturated carbocycles. The molecule has 2 aliphatic carbocycles. The summed E-state index contributed by atoms with van der Waals surface area (Å²) in [4.78, 5) is 0. The van der Waals surface area contributed by atoms with E-state index in [2.05, 4.69) is 43.4 Å². The summed E-state index contributed by atoms with van der Waals surface area (Å²) in [6.07, 6.45) is 16.1. The monoisotopic (exact) mass is 382 g/mol. The van der Waals surface area contributed by atoms with Crippen LogP contribution < -0.4 is 0 Å². The van der Waals surface area contributed by atoms with Crippen LogP contribution in [0.5, 0.6) is 11.5 Å². The molecule has 0 saturated heterocycles. The molecule has 2 nitrogen and oxygen atoms in total. The van der Waals surface area contributed by atoms with Crippen molar-refractivity contribution in [2.75, 3.05) is 0 Å². The lowest BCUT2D eigenvalue weighted by Crippen LogP contribution is -2.08. The van der Waals surface area contributed by atoms with Crippen molar-refractivity contribution in [3.63, 3.8) is 0 Å². The molecule has 2 heteroatoms. The minimum atomic E-state index is 0.261. The first-order valence-corrected chi connectivity index (χ1v) is 10.2. The molecule has 29 heavy (non-hydrogen) atoms. The Balaban J connectivity index is 1.88. The maximum Gasteiger partial charge on any atom is 0.115 e. The van der Waals surface area contributed by atoms with Crippen molar-refractivity contribution >= 4 is 5.57 Å². The average Bonchev–Trinajstić information content (AvgIpc) is 3.42. The molecule has 0 radical (unpaired) electrons. The standard InChI is InChI=1S/C27H26O2/c1-19(18-20-6-2-3-7-20)26(21-8-4-5-9-21)27(22-10-14-24(28)15-11-22)23-12-16-25(29)17-13-23/h2-6,8,10-17,19,28-29H,7,9,18H2,1H3. The van der Waals surface area contributed by atoms with Crippen molar-refractivity contribution in [1.82, 2.24) is 0 Å². The van der Waals surface area contributed by atoms with Crippen LogP contribution in [0, 0.1) is 5.92 Å². The molecule has 0 fully saturated rings. The van der Waals surface area contributed by atoms with Crippen molar-refractivity contribution in [3.8, 4) is 11.5 Å². The van der Waals surface area contributed by atoms with E-state index >= 15 is 0 Å². The van der Waals surface area contributed by atoms with Gasteiger partial charge in [-0.3, -0.25) is 0 Å². The van der Waals surface area contributed by atoms with E-state index in [9.17, 15) is 10.2 Å². The summed E-state index contributed by atoms with van der Waals surface area (Å²) in [5.74, 6) is 0.861. The van der Waals surface area contributed by atoms with Crippen LogP contribution >= 0.6 is 0 Å². The fraction of sp³-hybridized carbons (Fsp3) is 0.185. The van der Waals surface area contributed by atoms with Gasteiger partial charge in [0.15, 0.2) is 0 Å². The highest BCUT2D eigenvalue weighted by molar-refractivity contribution is 5.85. The van der Waals surface area contributed by atoms with Gasteiger partial charge in [0.1, 0.15) is 11.5 Å². The summed E-state index contributed by atoms with van der Waals surface area (Å²) in [5, 5.41) is 19.6. The van der Waals surface area contributed by atoms with E-state index in [4.69, 9.17) is 0 Å². The summed E-state index contributed by atoms with van der Waals surface area (Å²) < 4.78 is 0. The van der Waals surface area contributed by atoms with Gasteiger partial charge in [-0.05, 0) is 77.3 Å². The molecule has 2 aromatic rings. The fourth-order valence-electron chi connectivity index (χ4n) is 4.24. The molecule has 0 spiro atoms. The van der Waals surface area contributed by atoms with Crippen molar-refractivity contribution in [2.24, 2.45) is 5.92 Å². The fourth-order valence-corrected chi connectivity index (χ4v) is 4.24. The number of allylic oxidation sites excluding steroid dienone is 9. The Morgan fingerprint density at radius 1 is 0.793 bits per heavy atom. The molecule has 0 bridgehead atoms. The zero-order chi connectivity index (χ0) is 20.2. The highest BCUT2D eigenvalue weighted by Crippen LogP contribution is 2.40. The van der Waals surface area contributed by atoms with Crippen LogP contribution in [0.25, 0.3) is 5.57 Å². The van der Waals surface area contributed by atoms with E-state index in [1.807, 2.05) is 24.3 Å². The maximum atomic E-state index is 9.81. The molecule has 2 aromatic carbocycles. The van der Waals surface area contributed by atoms with Gasteiger partial charge in [0, 0.05) is 0 Å². The van der Waals surface area contributed by atoms with Crippen molar-refractivity contribution in [3.05, 3.63) is 113 Å². The number of rotatable bonds is 6. The summed E-state index contributed by atoms with van der Waals surface area (Å²) in [7, 11) is 0. The Labute approximate surface area is 172 Å². The quantitative estimate of drug-likeness (QED) is 0.584. The lowest BCUT2D eigenvalue weighted by atomic mass is 9.80. The molecule has 2 aliphatic rings. The SMILES string of the molecule is CC(CC1=CC=CC1)C(C1=CC=CC1)=C(c1ccc(O)cc1)c1ccc(O)cc1. The van der Waals surface area contributed by atoms with Gasteiger partial charge >= 0.3 is 0 Å². The summed E-state index contributed by atoms with van der Waals surface area (Å²) >= 11 is 0. The summed E-state index contributed by atoms with van der Waals surface area (Å²) in [5.41, 5.74) is 7.43. The zero-order valence-corrected chi connectivity index (χ0v) is 16.7. The van der Waals surface area contributed by atoms with Gasteiger partial charge < -0.3 is 10.2 Å². The second kappa shape index (κ2) is 8.40. The lowest BCUT2D eigenvalue weighted by molar-refractivity contribution is 0.475. The van der Waals surface area contributed by atoms with E-state index in [0.717, 1.165) is 30.4 Å². The third-order valence-electron chi connectivity index (χ3n) is 5.61. The molecule has 0 amide bonds. The Morgan fingerprint density at radius 3 is 1.83 bits per heavy atom. The first kappa shape index (κ1) is 19.1.